The highest BCUT2D eigenvalue weighted by Gasteiger charge is 2.36. The van der Waals surface area contributed by atoms with Crippen LogP contribution in [0.15, 0.2) is 4.52 Å². The lowest BCUT2D eigenvalue weighted by Gasteiger charge is -2.11. The third kappa shape index (κ3) is 3.29. The van der Waals surface area contributed by atoms with Gasteiger partial charge in [-0.25, -0.2) is 0 Å². The molecule has 18 heavy (non-hydrogen) atoms. The fourth-order valence-corrected chi connectivity index (χ4v) is 2.06. The van der Waals surface area contributed by atoms with Crippen molar-refractivity contribution in [1.82, 2.24) is 10.1 Å². The molecular formula is C13H23N3O2. The lowest BCUT2D eigenvalue weighted by Crippen LogP contribution is -2.12. The molecule has 1 aliphatic rings. The van der Waals surface area contributed by atoms with E-state index in [4.69, 9.17) is 15.0 Å². The van der Waals surface area contributed by atoms with Gasteiger partial charge in [-0.1, -0.05) is 24.9 Å². The second-order valence-electron chi connectivity index (χ2n) is 4.95. The van der Waals surface area contributed by atoms with Gasteiger partial charge in [0.15, 0.2) is 0 Å². The Morgan fingerprint density at radius 2 is 2.22 bits per heavy atom. The predicted molar refractivity (Wildman–Crippen MR) is 67.8 cm³/mol. The van der Waals surface area contributed by atoms with E-state index in [1.165, 1.54) is 12.8 Å². The molecule has 1 aliphatic carbocycles. The van der Waals surface area contributed by atoms with E-state index in [0.717, 1.165) is 19.3 Å². The van der Waals surface area contributed by atoms with Crippen LogP contribution in [0.2, 0.25) is 0 Å². The molecule has 2 unspecified atom stereocenters. The van der Waals surface area contributed by atoms with Crippen LogP contribution in [0.1, 0.15) is 69.8 Å². The maximum atomic E-state index is 6.02. The molecule has 2 atom stereocenters. The Morgan fingerprint density at radius 1 is 1.44 bits per heavy atom. The van der Waals surface area contributed by atoms with Gasteiger partial charge in [0.1, 0.15) is 6.10 Å². The number of nitrogens with zero attached hydrogens (tertiary/aromatic N) is 2. The topological polar surface area (TPSA) is 74.2 Å². The second kappa shape index (κ2) is 6.29. The molecule has 1 aromatic heterocycles. The SMILES string of the molecule is CCCCC(N)c1nc(C(OCC)C2CC2)no1. The molecule has 5 heteroatoms. The molecule has 0 saturated heterocycles. The Bertz CT molecular complexity index is 363. The Kier molecular flexibility index (Phi) is 4.72. The Labute approximate surface area is 108 Å². The average molecular weight is 253 g/mol. The van der Waals surface area contributed by atoms with Crippen molar-refractivity contribution in [2.45, 2.75) is 58.1 Å². The highest BCUT2D eigenvalue weighted by atomic mass is 16.5. The smallest absolute Gasteiger partial charge is 0.243 e. The van der Waals surface area contributed by atoms with E-state index >= 15 is 0 Å². The van der Waals surface area contributed by atoms with Crippen LogP contribution in [0.5, 0.6) is 0 Å². The summed E-state index contributed by atoms with van der Waals surface area (Å²) in [4.78, 5) is 4.42. The van der Waals surface area contributed by atoms with Gasteiger partial charge in [-0.05, 0) is 32.1 Å². The molecule has 2 rings (SSSR count). The Balaban J connectivity index is 1.99. The van der Waals surface area contributed by atoms with Crippen molar-refractivity contribution >= 4 is 0 Å². The van der Waals surface area contributed by atoms with Gasteiger partial charge in [0, 0.05) is 6.61 Å². The van der Waals surface area contributed by atoms with Gasteiger partial charge in [-0.15, -0.1) is 0 Å². The molecule has 102 valence electrons. The molecule has 2 N–H and O–H groups in total. The summed E-state index contributed by atoms with van der Waals surface area (Å²) in [5, 5.41) is 4.03. The van der Waals surface area contributed by atoms with Crippen LogP contribution in [-0.4, -0.2) is 16.7 Å². The third-order valence-corrected chi connectivity index (χ3v) is 3.29. The Hall–Kier alpha value is -0.940. The fraction of sp³-hybridized carbons (Fsp3) is 0.846. The van der Waals surface area contributed by atoms with Crippen molar-refractivity contribution in [2.24, 2.45) is 11.7 Å². The minimum atomic E-state index is -0.146. The van der Waals surface area contributed by atoms with Gasteiger partial charge in [-0.3, -0.25) is 0 Å². The van der Waals surface area contributed by atoms with Gasteiger partial charge in [0.25, 0.3) is 0 Å². The number of unbranched alkanes of at least 4 members (excludes halogenated alkanes) is 1. The van der Waals surface area contributed by atoms with E-state index in [9.17, 15) is 0 Å². The lowest BCUT2D eigenvalue weighted by molar-refractivity contribution is 0.0384. The van der Waals surface area contributed by atoms with E-state index in [2.05, 4.69) is 17.1 Å². The third-order valence-electron chi connectivity index (χ3n) is 3.29. The maximum Gasteiger partial charge on any atom is 0.243 e. The fourth-order valence-electron chi connectivity index (χ4n) is 2.06. The molecule has 0 aromatic carbocycles. The van der Waals surface area contributed by atoms with Gasteiger partial charge in [0.05, 0.1) is 6.04 Å². The van der Waals surface area contributed by atoms with Gasteiger partial charge in [-0.2, -0.15) is 4.98 Å². The van der Waals surface area contributed by atoms with E-state index in [1.54, 1.807) is 0 Å². The summed E-state index contributed by atoms with van der Waals surface area (Å²) in [7, 11) is 0. The maximum absolute atomic E-state index is 6.02. The number of rotatable bonds is 8. The minimum Gasteiger partial charge on any atom is -0.370 e. The van der Waals surface area contributed by atoms with Gasteiger partial charge in [0.2, 0.25) is 11.7 Å². The zero-order chi connectivity index (χ0) is 13.0. The number of nitrogens with two attached hydrogens (primary N) is 1. The van der Waals surface area contributed by atoms with Crippen LogP contribution < -0.4 is 5.73 Å². The largest absolute Gasteiger partial charge is 0.370 e. The zero-order valence-electron chi connectivity index (χ0n) is 11.3. The van der Waals surface area contributed by atoms with Crippen molar-refractivity contribution in [1.29, 1.82) is 0 Å². The summed E-state index contributed by atoms with van der Waals surface area (Å²) in [6.45, 7) is 4.81. The molecule has 0 radical (unpaired) electrons. The summed E-state index contributed by atoms with van der Waals surface area (Å²) in [5.74, 6) is 1.77. The first-order valence-electron chi connectivity index (χ1n) is 6.96. The predicted octanol–water partition coefficient (Wildman–Crippen LogP) is 2.75. The number of hydrogen-bond acceptors (Lipinski definition) is 5. The summed E-state index contributed by atoms with van der Waals surface area (Å²) in [6.07, 6.45) is 5.47. The first-order valence-corrected chi connectivity index (χ1v) is 6.96. The Morgan fingerprint density at radius 3 is 2.83 bits per heavy atom. The highest BCUT2D eigenvalue weighted by Crippen LogP contribution is 2.42. The van der Waals surface area contributed by atoms with Crippen molar-refractivity contribution < 1.29 is 9.26 Å². The van der Waals surface area contributed by atoms with Crippen molar-refractivity contribution in [3.05, 3.63) is 11.7 Å². The molecule has 1 saturated carbocycles. The van der Waals surface area contributed by atoms with Gasteiger partial charge < -0.3 is 15.0 Å². The minimum absolute atomic E-state index is 0.00845. The quantitative estimate of drug-likeness (QED) is 0.771. The molecule has 1 aromatic rings. The number of aromatic nitrogens is 2. The van der Waals surface area contributed by atoms with Crippen LogP contribution in [0.4, 0.5) is 0 Å². The zero-order valence-corrected chi connectivity index (χ0v) is 11.3. The molecular weight excluding hydrogens is 230 g/mol. The van der Waals surface area contributed by atoms with E-state index in [0.29, 0.717) is 24.2 Å². The molecule has 0 aliphatic heterocycles. The molecule has 1 fully saturated rings. The van der Waals surface area contributed by atoms with Crippen LogP contribution in [0.3, 0.4) is 0 Å². The van der Waals surface area contributed by atoms with E-state index in [1.807, 2.05) is 6.92 Å². The van der Waals surface area contributed by atoms with E-state index in [-0.39, 0.29) is 12.1 Å². The normalized spacial score (nSPS) is 18.8. The molecule has 0 amide bonds. The summed E-state index contributed by atoms with van der Waals surface area (Å²) < 4.78 is 11.0. The monoisotopic (exact) mass is 253 g/mol. The van der Waals surface area contributed by atoms with Crippen LogP contribution >= 0.6 is 0 Å². The van der Waals surface area contributed by atoms with Crippen molar-refractivity contribution in [3.8, 4) is 0 Å². The number of ether oxygens (including phenoxy) is 1. The summed E-state index contributed by atoms with van der Waals surface area (Å²) >= 11 is 0. The van der Waals surface area contributed by atoms with Crippen molar-refractivity contribution in [3.63, 3.8) is 0 Å². The highest BCUT2D eigenvalue weighted by molar-refractivity contribution is 5.00. The lowest BCUT2D eigenvalue weighted by atomic mass is 10.1. The van der Waals surface area contributed by atoms with Crippen LogP contribution in [-0.2, 0) is 4.74 Å². The first-order chi connectivity index (χ1) is 8.76. The summed E-state index contributed by atoms with van der Waals surface area (Å²) in [5.41, 5.74) is 6.02. The number of hydrogen-bond donors (Lipinski definition) is 1. The van der Waals surface area contributed by atoms with Crippen LogP contribution in [0.25, 0.3) is 0 Å². The first kappa shape index (κ1) is 13.5. The second-order valence-corrected chi connectivity index (χ2v) is 4.95. The van der Waals surface area contributed by atoms with Crippen molar-refractivity contribution in [2.75, 3.05) is 6.61 Å². The van der Waals surface area contributed by atoms with E-state index < -0.39 is 0 Å². The molecule has 1 heterocycles. The summed E-state index contributed by atoms with van der Waals surface area (Å²) in [6, 6.07) is -0.146. The molecule has 0 spiro atoms. The van der Waals surface area contributed by atoms with Crippen LogP contribution in [0, 0.1) is 5.92 Å². The average Bonchev–Trinajstić information content (AvgIpc) is 3.09. The molecule has 0 bridgehead atoms. The molecule has 5 nitrogen and oxygen atoms in total. The van der Waals surface area contributed by atoms with Gasteiger partial charge >= 0.3 is 0 Å². The standard InChI is InChI=1S/C13H23N3O2/c1-3-5-6-10(14)13-15-12(16-18-13)11(17-4-2)9-7-8-9/h9-11H,3-8,14H2,1-2H3.